The molecule has 0 saturated heterocycles. The molecule has 2 N–H and O–H groups in total. The van der Waals surface area contributed by atoms with Crippen molar-refractivity contribution in [1.29, 1.82) is 0 Å². The van der Waals surface area contributed by atoms with Gasteiger partial charge in [-0.15, -0.1) is 0 Å². The normalized spacial score (nSPS) is 16.8. The van der Waals surface area contributed by atoms with Crippen molar-refractivity contribution in [2.24, 2.45) is 0 Å². The van der Waals surface area contributed by atoms with Gasteiger partial charge in [0.15, 0.2) is 12.1 Å². The molecule has 0 bridgehead atoms. The Balaban J connectivity index is 1.77. The Morgan fingerprint density at radius 3 is 2.46 bits per heavy atom. The Bertz CT molecular complexity index is 754. The van der Waals surface area contributed by atoms with Gasteiger partial charge in [0.1, 0.15) is 5.75 Å². The Morgan fingerprint density at radius 1 is 1.17 bits per heavy atom. The predicted molar refractivity (Wildman–Crippen MR) is 89.0 cm³/mol. The summed E-state index contributed by atoms with van der Waals surface area (Å²) >= 11 is 0. The van der Waals surface area contributed by atoms with E-state index in [1.54, 1.807) is 18.2 Å². The summed E-state index contributed by atoms with van der Waals surface area (Å²) in [5.74, 6) is -0.836. The number of carbonyl (C=O) groups is 2. The Morgan fingerprint density at radius 2 is 1.83 bits per heavy atom. The average molecular weight is 325 g/mol. The number of amides is 1. The van der Waals surface area contributed by atoms with Crippen LogP contribution in [0.3, 0.4) is 0 Å². The van der Waals surface area contributed by atoms with Gasteiger partial charge in [-0.25, -0.2) is 4.79 Å². The van der Waals surface area contributed by atoms with Gasteiger partial charge in [0, 0.05) is 6.42 Å². The molecule has 1 heterocycles. The van der Waals surface area contributed by atoms with Crippen molar-refractivity contribution in [1.82, 2.24) is 5.32 Å². The van der Waals surface area contributed by atoms with E-state index in [0.29, 0.717) is 17.7 Å². The molecular weight excluding hydrogens is 306 g/mol. The van der Waals surface area contributed by atoms with Gasteiger partial charge in [-0.1, -0.05) is 47.5 Å². The molecule has 0 saturated carbocycles. The lowest BCUT2D eigenvalue weighted by atomic mass is 10.0. The topological polar surface area (TPSA) is 75.6 Å². The predicted octanol–water partition coefficient (Wildman–Crippen LogP) is 2.55. The monoisotopic (exact) mass is 325 g/mol. The molecule has 124 valence electrons. The number of aryl methyl sites for hydroxylation is 2. The van der Waals surface area contributed by atoms with Crippen molar-refractivity contribution >= 4 is 11.9 Å². The number of nitrogens with one attached hydrogen (secondary N) is 1. The van der Waals surface area contributed by atoms with Crippen LogP contribution in [0.5, 0.6) is 5.75 Å². The zero-order valence-electron chi connectivity index (χ0n) is 13.6. The molecule has 24 heavy (non-hydrogen) atoms. The molecule has 1 amide bonds. The van der Waals surface area contributed by atoms with E-state index < -0.39 is 24.0 Å². The summed E-state index contributed by atoms with van der Waals surface area (Å²) in [7, 11) is 0. The molecule has 2 unspecified atom stereocenters. The van der Waals surface area contributed by atoms with E-state index >= 15 is 0 Å². The average Bonchev–Trinajstić information content (AvgIpc) is 2.95. The van der Waals surface area contributed by atoms with Gasteiger partial charge < -0.3 is 15.2 Å². The van der Waals surface area contributed by atoms with Crippen LogP contribution in [-0.4, -0.2) is 23.1 Å². The molecule has 0 fully saturated rings. The third-order valence-electron chi connectivity index (χ3n) is 4.05. The molecule has 1 aliphatic heterocycles. The molecule has 3 rings (SSSR count). The van der Waals surface area contributed by atoms with Crippen LogP contribution in [0, 0.1) is 13.8 Å². The fourth-order valence-corrected chi connectivity index (χ4v) is 3.03. The minimum atomic E-state index is -1.09. The summed E-state index contributed by atoms with van der Waals surface area (Å²) in [6.07, 6.45) is -0.253. The van der Waals surface area contributed by atoms with Crippen LogP contribution in [0.2, 0.25) is 0 Å². The Labute approximate surface area is 140 Å². The van der Waals surface area contributed by atoms with Crippen LogP contribution in [0.25, 0.3) is 0 Å². The first-order valence-corrected chi connectivity index (χ1v) is 7.80. The van der Waals surface area contributed by atoms with Crippen molar-refractivity contribution in [3.63, 3.8) is 0 Å². The first-order chi connectivity index (χ1) is 11.4. The van der Waals surface area contributed by atoms with Gasteiger partial charge in [-0.05, 0) is 31.0 Å². The number of ether oxygens (including phenoxy) is 1. The smallest absolute Gasteiger partial charge is 0.330 e. The molecular formula is C19H19NO4. The summed E-state index contributed by atoms with van der Waals surface area (Å²) < 4.78 is 5.63. The number of benzene rings is 2. The van der Waals surface area contributed by atoms with E-state index in [2.05, 4.69) is 5.32 Å². The lowest BCUT2D eigenvalue weighted by Gasteiger charge is -2.18. The standard InChI is InChI=1S/C19H19NO4/c1-11-7-12(2)9-14(8-11)17(19(22)23)20-18(21)16-10-13-5-3-4-6-15(13)24-16/h3-9,16-17H,10H2,1-2H3,(H,20,21)(H,22,23). The van der Waals surface area contributed by atoms with Crippen LogP contribution < -0.4 is 10.1 Å². The highest BCUT2D eigenvalue weighted by Crippen LogP contribution is 2.28. The van der Waals surface area contributed by atoms with Crippen molar-refractivity contribution in [2.75, 3.05) is 0 Å². The number of carboxylic acid groups (broad SMARTS) is 1. The van der Waals surface area contributed by atoms with Crippen LogP contribution >= 0.6 is 0 Å². The number of carboxylic acids is 1. The fraction of sp³-hybridized carbons (Fsp3) is 0.263. The first kappa shape index (κ1) is 16.1. The highest BCUT2D eigenvalue weighted by atomic mass is 16.5. The van der Waals surface area contributed by atoms with Crippen LogP contribution in [0.1, 0.15) is 28.3 Å². The van der Waals surface area contributed by atoms with E-state index in [0.717, 1.165) is 16.7 Å². The van der Waals surface area contributed by atoms with E-state index in [9.17, 15) is 14.7 Å². The molecule has 0 radical (unpaired) electrons. The lowest BCUT2D eigenvalue weighted by Crippen LogP contribution is -2.42. The quantitative estimate of drug-likeness (QED) is 0.906. The third kappa shape index (κ3) is 3.25. The minimum absolute atomic E-state index is 0.419. The van der Waals surface area contributed by atoms with Gasteiger partial charge in [0.25, 0.3) is 5.91 Å². The summed E-state index contributed by atoms with van der Waals surface area (Å²) in [5, 5.41) is 12.1. The largest absolute Gasteiger partial charge is 0.480 e. The van der Waals surface area contributed by atoms with Crippen molar-refractivity contribution in [3.8, 4) is 5.75 Å². The molecule has 2 atom stereocenters. The van der Waals surface area contributed by atoms with Gasteiger partial charge in [0.05, 0.1) is 0 Å². The number of carbonyl (C=O) groups excluding carboxylic acids is 1. The number of rotatable bonds is 4. The van der Waals surface area contributed by atoms with Gasteiger partial charge in [0.2, 0.25) is 0 Å². The maximum absolute atomic E-state index is 12.5. The molecule has 0 spiro atoms. The van der Waals surface area contributed by atoms with Crippen molar-refractivity contribution in [3.05, 3.63) is 64.7 Å². The second-order valence-electron chi connectivity index (χ2n) is 6.12. The highest BCUT2D eigenvalue weighted by Gasteiger charge is 2.32. The number of para-hydroxylation sites is 1. The highest BCUT2D eigenvalue weighted by molar-refractivity contribution is 5.88. The van der Waals surface area contributed by atoms with E-state index in [1.165, 1.54) is 0 Å². The van der Waals surface area contributed by atoms with Crippen molar-refractivity contribution in [2.45, 2.75) is 32.4 Å². The molecule has 5 heteroatoms. The maximum Gasteiger partial charge on any atom is 0.330 e. The number of aliphatic carboxylic acids is 1. The summed E-state index contributed by atoms with van der Waals surface area (Å²) in [5.41, 5.74) is 3.42. The van der Waals surface area contributed by atoms with Crippen LogP contribution in [0.4, 0.5) is 0 Å². The maximum atomic E-state index is 12.5. The zero-order valence-corrected chi connectivity index (χ0v) is 13.6. The van der Waals surface area contributed by atoms with E-state index in [1.807, 2.05) is 38.1 Å². The fourth-order valence-electron chi connectivity index (χ4n) is 3.03. The number of fused-ring (bicyclic) bond motifs is 1. The lowest BCUT2D eigenvalue weighted by molar-refractivity contribution is -0.143. The Hall–Kier alpha value is -2.82. The van der Waals surface area contributed by atoms with Crippen LogP contribution in [0.15, 0.2) is 42.5 Å². The second kappa shape index (κ2) is 6.35. The molecule has 1 aliphatic rings. The number of hydrogen-bond donors (Lipinski definition) is 2. The van der Waals surface area contributed by atoms with Gasteiger partial charge in [-0.2, -0.15) is 0 Å². The van der Waals surface area contributed by atoms with E-state index in [-0.39, 0.29) is 0 Å². The summed E-state index contributed by atoms with van der Waals surface area (Å²) in [6.45, 7) is 3.79. The second-order valence-corrected chi connectivity index (χ2v) is 6.12. The minimum Gasteiger partial charge on any atom is -0.480 e. The molecule has 5 nitrogen and oxygen atoms in total. The molecule has 0 aliphatic carbocycles. The molecule has 0 aromatic heterocycles. The molecule has 2 aromatic carbocycles. The summed E-state index contributed by atoms with van der Waals surface area (Å²) in [4.78, 5) is 24.1. The molecule has 2 aromatic rings. The summed E-state index contributed by atoms with van der Waals surface area (Å²) in [6, 6.07) is 11.9. The van der Waals surface area contributed by atoms with Gasteiger partial charge >= 0.3 is 5.97 Å². The number of hydrogen-bond acceptors (Lipinski definition) is 3. The van der Waals surface area contributed by atoms with Crippen LogP contribution in [-0.2, 0) is 16.0 Å². The third-order valence-corrected chi connectivity index (χ3v) is 4.05. The zero-order chi connectivity index (χ0) is 17.3. The van der Waals surface area contributed by atoms with Crippen molar-refractivity contribution < 1.29 is 19.4 Å². The van der Waals surface area contributed by atoms with E-state index in [4.69, 9.17) is 4.74 Å². The Kier molecular flexibility index (Phi) is 4.25. The van der Waals surface area contributed by atoms with Gasteiger partial charge in [-0.3, -0.25) is 4.79 Å². The first-order valence-electron chi connectivity index (χ1n) is 7.80. The SMILES string of the molecule is Cc1cc(C)cc(C(NC(=O)C2Cc3ccccc3O2)C(=O)O)c1.